The summed E-state index contributed by atoms with van der Waals surface area (Å²) < 4.78 is 44.5. The van der Waals surface area contributed by atoms with Gasteiger partial charge in [-0.2, -0.15) is 18.3 Å². The van der Waals surface area contributed by atoms with E-state index < -0.39 is 11.9 Å². The number of halogens is 3. The van der Waals surface area contributed by atoms with Gasteiger partial charge in [-0.3, -0.25) is 9.48 Å². The number of likely N-dealkylation sites (tertiary alicyclic amines) is 1. The fourth-order valence-corrected chi connectivity index (χ4v) is 2.87. The monoisotopic (exact) mass is 327 g/mol. The van der Waals surface area contributed by atoms with Gasteiger partial charge in [0, 0.05) is 12.2 Å². The van der Waals surface area contributed by atoms with Gasteiger partial charge in [0.2, 0.25) is 5.91 Å². The second-order valence-corrected chi connectivity index (χ2v) is 5.59. The van der Waals surface area contributed by atoms with Gasteiger partial charge in [0.05, 0.1) is 12.3 Å². The molecular formula is C15H16F3N3O2. The molecule has 0 radical (unpaired) electrons. The topological polar surface area (TPSA) is 51.3 Å². The number of carbonyl (C=O) groups excluding carboxylic acids is 1. The highest BCUT2D eigenvalue weighted by molar-refractivity contribution is 5.76. The molecule has 2 aromatic heterocycles. The zero-order valence-corrected chi connectivity index (χ0v) is 12.5. The first kappa shape index (κ1) is 15.6. The minimum atomic E-state index is -4.51. The average Bonchev–Trinajstić information content (AvgIpc) is 3.17. The number of carbonyl (C=O) groups is 1. The van der Waals surface area contributed by atoms with Crippen molar-refractivity contribution in [3.63, 3.8) is 0 Å². The van der Waals surface area contributed by atoms with Crippen LogP contribution in [0.1, 0.15) is 36.0 Å². The maximum atomic E-state index is 12.7. The number of hydrogen-bond donors (Lipinski definition) is 0. The van der Waals surface area contributed by atoms with Crippen LogP contribution in [0.5, 0.6) is 0 Å². The Balaban J connectivity index is 1.75. The van der Waals surface area contributed by atoms with Gasteiger partial charge in [0.25, 0.3) is 0 Å². The first-order valence-electron chi connectivity index (χ1n) is 7.31. The standard InChI is InChI=1S/C15H16F3N3O2/c1-10-8-13(15(16,17)18)19-21(10)9-14(22)20-6-2-4-11(20)12-5-3-7-23-12/h3,5,7-8,11H,2,4,6,9H2,1H3/t11-/m1/s1. The zero-order valence-electron chi connectivity index (χ0n) is 12.5. The molecule has 0 unspecified atom stereocenters. The highest BCUT2D eigenvalue weighted by atomic mass is 19.4. The fourth-order valence-electron chi connectivity index (χ4n) is 2.87. The van der Waals surface area contributed by atoms with Crippen molar-refractivity contribution in [2.45, 2.75) is 38.5 Å². The third-order valence-electron chi connectivity index (χ3n) is 4.00. The number of nitrogens with zero attached hydrogens (tertiary/aromatic N) is 3. The molecule has 1 amide bonds. The van der Waals surface area contributed by atoms with Gasteiger partial charge >= 0.3 is 6.18 Å². The van der Waals surface area contributed by atoms with E-state index in [1.807, 2.05) is 0 Å². The van der Waals surface area contributed by atoms with E-state index in [-0.39, 0.29) is 18.5 Å². The van der Waals surface area contributed by atoms with Crippen molar-refractivity contribution in [1.82, 2.24) is 14.7 Å². The molecule has 1 aliphatic heterocycles. The summed E-state index contributed by atoms with van der Waals surface area (Å²) in [5.74, 6) is 0.438. The molecule has 5 nitrogen and oxygen atoms in total. The van der Waals surface area contributed by atoms with Crippen LogP contribution in [0.2, 0.25) is 0 Å². The Hall–Kier alpha value is -2.25. The summed E-state index contributed by atoms with van der Waals surface area (Å²) >= 11 is 0. The van der Waals surface area contributed by atoms with E-state index in [0.717, 1.165) is 23.6 Å². The lowest BCUT2D eigenvalue weighted by Crippen LogP contribution is -2.33. The Morgan fingerprint density at radius 1 is 1.48 bits per heavy atom. The summed E-state index contributed by atoms with van der Waals surface area (Å²) in [6.45, 7) is 1.86. The lowest BCUT2D eigenvalue weighted by atomic mass is 10.1. The average molecular weight is 327 g/mol. The maximum absolute atomic E-state index is 12.7. The Labute approximate surface area is 130 Å². The van der Waals surface area contributed by atoms with E-state index in [2.05, 4.69) is 5.10 Å². The largest absolute Gasteiger partial charge is 0.467 e. The predicted octanol–water partition coefficient (Wildman–Crippen LogP) is 3.17. The number of amides is 1. The highest BCUT2D eigenvalue weighted by Crippen LogP contribution is 2.33. The van der Waals surface area contributed by atoms with Crippen molar-refractivity contribution in [3.8, 4) is 0 Å². The second-order valence-electron chi connectivity index (χ2n) is 5.59. The van der Waals surface area contributed by atoms with Crippen molar-refractivity contribution in [2.75, 3.05) is 6.54 Å². The predicted molar refractivity (Wildman–Crippen MR) is 74.4 cm³/mol. The van der Waals surface area contributed by atoms with Crippen LogP contribution in [0.3, 0.4) is 0 Å². The molecule has 0 aromatic carbocycles. The summed E-state index contributed by atoms with van der Waals surface area (Å²) in [6.07, 6.45) is -1.35. The van der Waals surface area contributed by atoms with Gasteiger partial charge in [-0.25, -0.2) is 0 Å². The third-order valence-corrected chi connectivity index (χ3v) is 4.00. The summed E-state index contributed by atoms with van der Waals surface area (Å²) in [5, 5.41) is 3.50. The fraction of sp³-hybridized carbons (Fsp3) is 0.467. The molecule has 1 saturated heterocycles. The smallest absolute Gasteiger partial charge is 0.435 e. The maximum Gasteiger partial charge on any atom is 0.435 e. The van der Waals surface area contributed by atoms with Crippen molar-refractivity contribution in [3.05, 3.63) is 41.6 Å². The van der Waals surface area contributed by atoms with Crippen LogP contribution < -0.4 is 0 Å². The number of hydrogen-bond acceptors (Lipinski definition) is 3. The number of furan rings is 1. The van der Waals surface area contributed by atoms with E-state index in [4.69, 9.17) is 4.42 Å². The van der Waals surface area contributed by atoms with Crippen LogP contribution in [0.4, 0.5) is 13.2 Å². The quantitative estimate of drug-likeness (QED) is 0.870. The molecule has 1 fully saturated rings. The summed E-state index contributed by atoms with van der Waals surface area (Å²) in [6, 6.07) is 4.35. The van der Waals surface area contributed by atoms with E-state index in [1.54, 1.807) is 23.3 Å². The number of alkyl halides is 3. The molecule has 23 heavy (non-hydrogen) atoms. The number of rotatable bonds is 3. The van der Waals surface area contributed by atoms with Crippen LogP contribution in [-0.2, 0) is 17.5 Å². The lowest BCUT2D eigenvalue weighted by Gasteiger charge is -2.23. The van der Waals surface area contributed by atoms with Gasteiger partial charge in [-0.15, -0.1) is 0 Å². The van der Waals surface area contributed by atoms with E-state index in [9.17, 15) is 18.0 Å². The molecule has 0 N–H and O–H groups in total. The molecule has 0 spiro atoms. The molecule has 3 heterocycles. The Kier molecular flexibility index (Phi) is 3.91. The van der Waals surface area contributed by atoms with Gasteiger partial charge in [-0.1, -0.05) is 0 Å². The number of aromatic nitrogens is 2. The van der Waals surface area contributed by atoms with Crippen LogP contribution in [0, 0.1) is 6.92 Å². The van der Waals surface area contributed by atoms with Crippen LogP contribution >= 0.6 is 0 Å². The molecule has 0 aliphatic carbocycles. The molecule has 0 bridgehead atoms. The Morgan fingerprint density at radius 2 is 2.26 bits per heavy atom. The number of aryl methyl sites for hydroxylation is 1. The van der Waals surface area contributed by atoms with Gasteiger partial charge in [-0.05, 0) is 38.0 Å². The minimum Gasteiger partial charge on any atom is -0.467 e. The van der Waals surface area contributed by atoms with Crippen molar-refractivity contribution < 1.29 is 22.4 Å². The SMILES string of the molecule is Cc1cc(C(F)(F)F)nn1CC(=O)N1CCC[C@@H]1c1ccco1. The van der Waals surface area contributed by atoms with Crippen molar-refractivity contribution >= 4 is 5.91 Å². The lowest BCUT2D eigenvalue weighted by molar-refractivity contribution is -0.142. The van der Waals surface area contributed by atoms with E-state index in [0.29, 0.717) is 18.0 Å². The highest BCUT2D eigenvalue weighted by Gasteiger charge is 2.36. The van der Waals surface area contributed by atoms with E-state index >= 15 is 0 Å². The summed E-state index contributed by atoms with van der Waals surface area (Å²) in [4.78, 5) is 14.1. The third kappa shape index (κ3) is 3.11. The van der Waals surface area contributed by atoms with Crippen molar-refractivity contribution in [1.29, 1.82) is 0 Å². The minimum absolute atomic E-state index is 0.157. The molecular weight excluding hydrogens is 311 g/mol. The molecule has 8 heteroatoms. The normalized spacial score (nSPS) is 18.6. The van der Waals surface area contributed by atoms with E-state index in [1.165, 1.54) is 6.92 Å². The molecule has 2 aromatic rings. The molecule has 1 atom stereocenters. The molecule has 3 rings (SSSR count). The molecule has 0 saturated carbocycles. The van der Waals surface area contributed by atoms with Gasteiger partial charge in [0.15, 0.2) is 5.69 Å². The summed E-state index contributed by atoms with van der Waals surface area (Å²) in [7, 11) is 0. The first-order chi connectivity index (χ1) is 10.9. The van der Waals surface area contributed by atoms with Gasteiger partial charge in [0.1, 0.15) is 12.3 Å². The van der Waals surface area contributed by atoms with Crippen LogP contribution in [-0.4, -0.2) is 27.1 Å². The van der Waals surface area contributed by atoms with Gasteiger partial charge < -0.3 is 9.32 Å². The Morgan fingerprint density at radius 3 is 2.87 bits per heavy atom. The zero-order chi connectivity index (χ0) is 16.6. The van der Waals surface area contributed by atoms with Crippen LogP contribution in [0.15, 0.2) is 28.9 Å². The van der Waals surface area contributed by atoms with Crippen molar-refractivity contribution in [2.24, 2.45) is 0 Å². The summed E-state index contributed by atoms with van der Waals surface area (Å²) in [5.41, 5.74) is -0.675. The Bertz CT molecular complexity index is 691. The first-order valence-corrected chi connectivity index (χ1v) is 7.31. The van der Waals surface area contributed by atoms with Crippen LogP contribution in [0.25, 0.3) is 0 Å². The molecule has 1 aliphatic rings. The molecule has 124 valence electrons. The second kappa shape index (κ2) is 5.75.